The van der Waals surface area contributed by atoms with Crippen molar-refractivity contribution in [2.45, 2.75) is 44.9 Å². The summed E-state index contributed by atoms with van der Waals surface area (Å²) in [5.74, 6) is 0.643. The van der Waals surface area contributed by atoms with Crippen LogP contribution in [0.2, 0.25) is 0 Å². The van der Waals surface area contributed by atoms with Crippen LogP contribution in [0.3, 0.4) is 0 Å². The Hall–Kier alpha value is -0.300. The second kappa shape index (κ2) is 4.97. The fourth-order valence-electron chi connectivity index (χ4n) is 1.99. The van der Waals surface area contributed by atoms with Crippen molar-refractivity contribution in [2.75, 3.05) is 0 Å². The lowest BCUT2D eigenvalue weighted by atomic mass is 9.92. The maximum atomic E-state index is 3.61. The highest BCUT2D eigenvalue weighted by atomic mass is 79.9. The van der Waals surface area contributed by atoms with Gasteiger partial charge in [0.2, 0.25) is 0 Å². The van der Waals surface area contributed by atoms with Gasteiger partial charge in [-0.1, -0.05) is 53.5 Å². The molecule has 78 valence electrons. The number of halogens is 1. The van der Waals surface area contributed by atoms with Gasteiger partial charge in [0.1, 0.15) is 0 Å². The van der Waals surface area contributed by atoms with Gasteiger partial charge in [0.05, 0.1) is 0 Å². The summed E-state index contributed by atoms with van der Waals surface area (Å²) in [6.45, 7) is 8.86. The number of aryl methyl sites for hydroxylation is 2. The summed E-state index contributed by atoms with van der Waals surface area (Å²) < 4.78 is 0. The molecule has 0 aliphatic heterocycles. The molecule has 2 unspecified atom stereocenters. The molecule has 1 aromatic carbocycles. The third-order valence-corrected chi connectivity index (χ3v) is 3.01. The molecule has 0 radical (unpaired) electrons. The van der Waals surface area contributed by atoms with E-state index in [1.165, 1.54) is 23.1 Å². The average molecular weight is 255 g/mol. The molecule has 0 nitrogen and oxygen atoms in total. The van der Waals surface area contributed by atoms with E-state index in [1.807, 2.05) is 0 Å². The van der Waals surface area contributed by atoms with Gasteiger partial charge in [0, 0.05) is 4.83 Å². The number of hydrogen-bond donors (Lipinski definition) is 0. The van der Waals surface area contributed by atoms with E-state index in [9.17, 15) is 0 Å². The topological polar surface area (TPSA) is 0 Å². The molecular weight excluding hydrogens is 236 g/mol. The molecule has 0 aromatic heterocycles. The van der Waals surface area contributed by atoms with Gasteiger partial charge < -0.3 is 0 Å². The van der Waals surface area contributed by atoms with E-state index in [0.29, 0.717) is 10.7 Å². The molecule has 0 heterocycles. The van der Waals surface area contributed by atoms with E-state index in [-0.39, 0.29) is 0 Å². The first-order valence-electron chi connectivity index (χ1n) is 5.22. The zero-order valence-corrected chi connectivity index (χ0v) is 11.1. The number of rotatable bonds is 3. The van der Waals surface area contributed by atoms with E-state index < -0.39 is 0 Å². The molecule has 0 saturated carbocycles. The van der Waals surface area contributed by atoms with Crippen molar-refractivity contribution in [2.24, 2.45) is 0 Å². The Bertz CT molecular complexity index is 302. The van der Waals surface area contributed by atoms with Crippen molar-refractivity contribution in [3.8, 4) is 0 Å². The zero-order valence-electron chi connectivity index (χ0n) is 9.47. The summed E-state index contributed by atoms with van der Waals surface area (Å²) in [5, 5.41) is 0. The van der Waals surface area contributed by atoms with Crippen LogP contribution in [0.15, 0.2) is 18.2 Å². The van der Waals surface area contributed by atoms with Gasteiger partial charge >= 0.3 is 0 Å². The second-order valence-corrected chi connectivity index (χ2v) is 5.84. The molecule has 1 rings (SSSR count). The maximum absolute atomic E-state index is 3.61. The smallest absolute Gasteiger partial charge is 0.0123 e. The highest BCUT2D eigenvalue weighted by Gasteiger charge is 2.10. The molecule has 14 heavy (non-hydrogen) atoms. The lowest BCUT2D eigenvalue weighted by molar-refractivity contribution is 0.678. The van der Waals surface area contributed by atoms with Gasteiger partial charge in [-0.2, -0.15) is 0 Å². The monoisotopic (exact) mass is 254 g/mol. The highest BCUT2D eigenvalue weighted by Crippen LogP contribution is 2.26. The SMILES string of the molecule is Cc1ccc(C(C)CC(C)Br)c(C)c1. The first-order valence-corrected chi connectivity index (χ1v) is 6.13. The van der Waals surface area contributed by atoms with E-state index in [2.05, 4.69) is 61.8 Å². The quantitative estimate of drug-likeness (QED) is 0.693. The molecule has 0 aliphatic rings. The van der Waals surface area contributed by atoms with Crippen LogP contribution in [0.4, 0.5) is 0 Å². The summed E-state index contributed by atoms with van der Waals surface area (Å²) >= 11 is 3.61. The largest absolute Gasteiger partial charge is 0.0893 e. The van der Waals surface area contributed by atoms with Crippen molar-refractivity contribution in [3.63, 3.8) is 0 Å². The van der Waals surface area contributed by atoms with Gasteiger partial charge in [-0.15, -0.1) is 0 Å². The van der Waals surface area contributed by atoms with Crippen LogP contribution in [0, 0.1) is 13.8 Å². The number of hydrogen-bond acceptors (Lipinski definition) is 0. The molecule has 1 aromatic rings. The van der Waals surface area contributed by atoms with Crippen molar-refractivity contribution in [1.29, 1.82) is 0 Å². The minimum atomic E-state index is 0.596. The number of benzene rings is 1. The third kappa shape index (κ3) is 3.13. The van der Waals surface area contributed by atoms with Gasteiger partial charge in [-0.05, 0) is 37.3 Å². The van der Waals surface area contributed by atoms with Crippen molar-refractivity contribution in [3.05, 3.63) is 34.9 Å². The standard InChI is InChI=1S/C13H19Br/c1-9-5-6-13(10(2)7-9)11(3)8-12(4)14/h5-7,11-12H,8H2,1-4H3. The molecule has 0 fully saturated rings. The van der Waals surface area contributed by atoms with E-state index in [0.717, 1.165) is 0 Å². The van der Waals surface area contributed by atoms with Crippen LogP contribution in [-0.4, -0.2) is 4.83 Å². The van der Waals surface area contributed by atoms with Crippen LogP contribution in [0.5, 0.6) is 0 Å². The molecular formula is C13H19Br. The average Bonchev–Trinajstić information content (AvgIpc) is 2.01. The molecule has 0 aliphatic carbocycles. The van der Waals surface area contributed by atoms with Crippen LogP contribution >= 0.6 is 15.9 Å². The predicted molar refractivity (Wildman–Crippen MR) is 67.3 cm³/mol. The molecule has 0 amide bonds. The van der Waals surface area contributed by atoms with Gasteiger partial charge in [0.15, 0.2) is 0 Å². The van der Waals surface area contributed by atoms with Gasteiger partial charge in [-0.25, -0.2) is 0 Å². The second-order valence-electron chi connectivity index (χ2n) is 4.28. The maximum Gasteiger partial charge on any atom is 0.0123 e. The summed E-state index contributed by atoms with van der Waals surface area (Å²) in [6, 6.07) is 6.74. The van der Waals surface area contributed by atoms with Crippen molar-refractivity contribution in [1.82, 2.24) is 0 Å². The first kappa shape index (κ1) is 11.8. The Morgan fingerprint density at radius 2 is 1.86 bits per heavy atom. The third-order valence-electron chi connectivity index (χ3n) is 2.63. The van der Waals surface area contributed by atoms with Gasteiger partial charge in [0.25, 0.3) is 0 Å². The molecule has 0 saturated heterocycles. The van der Waals surface area contributed by atoms with Crippen LogP contribution in [0.25, 0.3) is 0 Å². The van der Waals surface area contributed by atoms with E-state index in [4.69, 9.17) is 0 Å². The highest BCUT2D eigenvalue weighted by molar-refractivity contribution is 9.09. The van der Waals surface area contributed by atoms with Crippen LogP contribution < -0.4 is 0 Å². The molecule has 2 atom stereocenters. The molecule has 0 bridgehead atoms. The fraction of sp³-hybridized carbons (Fsp3) is 0.538. The Morgan fingerprint density at radius 3 is 2.36 bits per heavy atom. The summed E-state index contributed by atoms with van der Waals surface area (Å²) in [5.41, 5.74) is 4.26. The van der Waals surface area contributed by atoms with E-state index >= 15 is 0 Å². The van der Waals surface area contributed by atoms with Crippen molar-refractivity contribution < 1.29 is 0 Å². The minimum absolute atomic E-state index is 0.596. The van der Waals surface area contributed by atoms with Crippen molar-refractivity contribution >= 4 is 15.9 Å². The lowest BCUT2D eigenvalue weighted by Crippen LogP contribution is -2.02. The Morgan fingerprint density at radius 1 is 1.21 bits per heavy atom. The Labute approximate surface area is 95.9 Å². The Balaban J connectivity index is 2.84. The minimum Gasteiger partial charge on any atom is -0.0893 e. The van der Waals surface area contributed by atoms with Crippen LogP contribution in [0.1, 0.15) is 42.9 Å². The Kier molecular flexibility index (Phi) is 4.18. The number of alkyl halides is 1. The van der Waals surface area contributed by atoms with Gasteiger partial charge in [-0.3, -0.25) is 0 Å². The molecule has 0 N–H and O–H groups in total. The van der Waals surface area contributed by atoms with Crippen LogP contribution in [-0.2, 0) is 0 Å². The summed E-state index contributed by atoms with van der Waals surface area (Å²) in [4.78, 5) is 0.596. The fourth-order valence-corrected chi connectivity index (χ4v) is 2.55. The van der Waals surface area contributed by atoms with E-state index in [1.54, 1.807) is 0 Å². The zero-order chi connectivity index (χ0) is 10.7. The first-order chi connectivity index (χ1) is 6.50. The normalized spacial score (nSPS) is 15.2. The lowest BCUT2D eigenvalue weighted by Gasteiger charge is -2.16. The summed E-state index contributed by atoms with van der Waals surface area (Å²) in [6.07, 6.45) is 1.20. The predicted octanol–water partition coefficient (Wildman–Crippen LogP) is 4.58. The molecule has 0 spiro atoms. The molecule has 1 heteroatoms. The summed E-state index contributed by atoms with van der Waals surface area (Å²) in [7, 11) is 0.